The van der Waals surface area contributed by atoms with Crippen LogP contribution in [0.1, 0.15) is 22.3 Å². The topological polar surface area (TPSA) is 16.4 Å². The molecule has 0 radical (unpaired) electrons. The Bertz CT molecular complexity index is 4170. The van der Waals surface area contributed by atoms with Crippen molar-refractivity contribution in [2.24, 2.45) is 0 Å². The summed E-state index contributed by atoms with van der Waals surface area (Å²) in [6, 6.07) is 91.4. The van der Waals surface area contributed by atoms with Gasteiger partial charge in [0, 0.05) is 53.6 Å². The third kappa shape index (κ3) is 5.61. The summed E-state index contributed by atoms with van der Waals surface area (Å²) in [5, 5.41) is 4.88. The van der Waals surface area contributed by atoms with Crippen molar-refractivity contribution in [3.05, 3.63) is 271 Å². The van der Waals surface area contributed by atoms with Crippen LogP contribution in [0.15, 0.2) is 253 Å². The monoisotopic (exact) mass is 907 g/mol. The number of rotatable bonds is 6. The Morgan fingerprint density at radius 2 is 0.786 bits per heavy atom. The standard InChI is InChI=1S/C67H41NOS/c1-2-14-42(15-3-1)43-28-34-46(35-29-43)68(47-36-30-44(31-37-47)49-20-12-22-55-54-19-7-11-27-63(54)69-65(49)55)48-38-32-45(33-39-48)50-21-13-23-56-58-40-57-53-18-6-10-26-61(53)67(62(57)41-64(58)70-66(50)56)59-24-8-4-16-51(59)52-17-5-9-25-60(52)67/h1-41H. The third-order valence-electron chi connectivity index (χ3n) is 15.1. The molecule has 0 N–H and O–H groups in total. The highest BCUT2D eigenvalue weighted by atomic mass is 32.1. The van der Waals surface area contributed by atoms with Crippen LogP contribution in [0.4, 0.5) is 17.1 Å². The van der Waals surface area contributed by atoms with Gasteiger partial charge in [0.25, 0.3) is 0 Å². The van der Waals surface area contributed by atoms with Gasteiger partial charge < -0.3 is 9.32 Å². The molecule has 70 heavy (non-hydrogen) atoms. The molecule has 0 saturated heterocycles. The molecule has 11 aromatic carbocycles. The highest BCUT2D eigenvalue weighted by Crippen LogP contribution is 2.63. The molecule has 2 nitrogen and oxygen atoms in total. The average molecular weight is 908 g/mol. The van der Waals surface area contributed by atoms with E-state index in [1.54, 1.807) is 0 Å². The molecule has 326 valence electrons. The van der Waals surface area contributed by atoms with Crippen LogP contribution in [0, 0.1) is 0 Å². The first-order valence-electron chi connectivity index (χ1n) is 24.1. The van der Waals surface area contributed by atoms with Gasteiger partial charge in [0.15, 0.2) is 0 Å². The lowest BCUT2D eigenvalue weighted by Gasteiger charge is -2.30. The van der Waals surface area contributed by atoms with Crippen molar-refractivity contribution >= 4 is 70.5 Å². The first-order chi connectivity index (χ1) is 34.7. The van der Waals surface area contributed by atoms with Gasteiger partial charge in [0.05, 0.1) is 5.41 Å². The lowest BCUT2D eigenvalue weighted by molar-refractivity contribution is 0.670. The van der Waals surface area contributed by atoms with E-state index in [0.29, 0.717) is 0 Å². The molecule has 2 aromatic heterocycles. The minimum atomic E-state index is -0.362. The molecular weight excluding hydrogens is 867 g/mol. The van der Waals surface area contributed by atoms with E-state index in [0.717, 1.165) is 50.1 Å². The Morgan fingerprint density at radius 1 is 0.314 bits per heavy atom. The molecule has 0 fully saturated rings. The maximum absolute atomic E-state index is 6.46. The van der Waals surface area contributed by atoms with E-state index < -0.39 is 0 Å². The number of thiophene rings is 1. The Morgan fingerprint density at radius 3 is 1.43 bits per heavy atom. The van der Waals surface area contributed by atoms with Crippen molar-refractivity contribution < 1.29 is 4.42 Å². The van der Waals surface area contributed by atoms with Crippen molar-refractivity contribution in [2.45, 2.75) is 5.41 Å². The van der Waals surface area contributed by atoms with Gasteiger partial charge in [-0.05, 0) is 127 Å². The lowest BCUT2D eigenvalue weighted by atomic mass is 9.70. The fraction of sp³-hybridized carbons (Fsp3) is 0.0149. The number of para-hydroxylation sites is 2. The number of nitrogens with zero attached hydrogens (tertiary/aromatic N) is 1. The number of hydrogen-bond acceptors (Lipinski definition) is 3. The lowest BCUT2D eigenvalue weighted by Crippen LogP contribution is -2.25. The second-order valence-corrected chi connectivity index (χ2v) is 19.7. The maximum Gasteiger partial charge on any atom is 0.143 e. The van der Waals surface area contributed by atoms with Crippen LogP contribution in [-0.4, -0.2) is 0 Å². The van der Waals surface area contributed by atoms with Crippen LogP contribution in [0.2, 0.25) is 0 Å². The second kappa shape index (κ2) is 15.1. The highest BCUT2D eigenvalue weighted by Gasteiger charge is 2.51. The summed E-state index contributed by atoms with van der Waals surface area (Å²) in [6.45, 7) is 0. The summed E-state index contributed by atoms with van der Waals surface area (Å²) in [5.74, 6) is 0. The van der Waals surface area contributed by atoms with Gasteiger partial charge in [-0.25, -0.2) is 0 Å². The highest BCUT2D eigenvalue weighted by molar-refractivity contribution is 7.26. The van der Waals surface area contributed by atoms with Crippen molar-refractivity contribution in [1.82, 2.24) is 0 Å². The molecule has 2 aliphatic carbocycles. The zero-order valence-electron chi connectivity index (χ0n) is 37.9. The Balaban J connectivity index is 0.837. The van der Waals surface area contributed by atoms with Gasteiger partial charge in [0.1, 0.15) is 11.2 Å². The predicted octanol–water partition coefficient (Wildman–Crippen LogP) is 18.8. The Kier molecular flexibility index (Phi) is 8.48. The van der Waals surface area contributed by atoms with Gasteiger partial charge >= 0.3 is 0 Å². The van der Waals surface area contributed by atoms with Crippen LogP contribution in [0.25, 0.3) is 97.7 Å². The molecule has 1 spiro atoms. The molecule has 0 atom stereocenters. The Hall–Kier alpha value is -8.76. The van der Waals surface area contributed by atoms with Gasteiger partial charge in [-0.3, -0.25) is 0 Å². The van der Waals surface area contributed by atoms with Crippen molar-refractivity contribution in [1.29, 1.82) is 0 Å². The zero-order chi connectivity index (χ0) is 45.9. The van der Waals surface area contributed by atoms with E-state index in [9.17, 15) is 0 Å². The van der Waals surface area contributed by atoms with Crippen LogP contribution in [0.5, 0.6) is 0 Å². The van der Waals surface area contributed by atoms with E-state index in [1.807, 2.05) is 23.5 Å². The minimum Gasteiger partial charge on any atom is -0.455 e. The average Bonchev–Trinajstić information content (AvgIpc) is 4.16. The SMILES string of the molecule is c1ccc(-c2ccc(N(c3ccc(-c4cccc5c4oc4ccccc45)cc3)c3ccc(-c4cccc5c4sc4cc6c(cc45)-c4ccccc4C64c5ccccc5-c5ccccc54)cc3)cc2)cc1. The summed E-state index contributed by atoms with van der Waals surface area (Å²) in [6.07, 6.45) is 0. The van der Waals surface area contributed by atoms with E-state index in [4.69, 9.17) is 4.42 Å². The second-order valence-electron chi connectivity index (χ2n) is 18.7. The summed E-state index contributed by atoms with van der Waals surface area (Å²) < 4.78 is 9.09. The van der Waals surface area contributed by atoms with E-state index in [1.165, 1.54) is 86.9 Å². The molecule has 0 unspecified atom stereocenters. The minimum absolute atomic E-state index is 0.362. The van der Waals surface area contributed by atoms with E-state index in [2.05, 4.69) is 241 Å². The summed E-state index contributed by atoms with van der Waals surface area (Å²) in [4.78, 5) is 2.36. The Labute approximate surface area is 409 Å². The fourth-order valence-electron chi connectivity index (χ4n) is 12.0. The van der Waals surface area contributed by atoms with Gasteiger partial charge in [-0.15, -0.1) is 11.3 Å². The largest absolute Gasteiger partial charge is 0.455 e. The van der Waals surface area contributed by atoms with Crippen LogP contribution < -0.4 is 4.90 Å². The van der Waals surface area contributed by atoms with Crippen LogP contribution >= 0.6 is 11.3 Å². The molecule has 0 amide bonds. The van der Waals surface area contributed by atoms with Crippen molar-refractivity contribution in [3.63, 3.8) is 0 Å². The molecular formula is C67H41NOS. The van der Waals surface area contributed by atoms with Gasteiger partial charge in [-0.1, -0.05) is 194 Å². The number of anilines is 3. The quantitative estimate of drug-likeness (QED) is 0.165. The van der Waals surface area contributed by atoms with Crippen molar-refractivity contribution in [2.75, 3.05) is 4.90 Å². The molecule has 15 rings (SSSR count). The predicted molar refractivity (Wildman–Crippen MR) is 294 cm³/mol. The number of benzene rings is 11. The van der Waals surface area contributed by atoms with E-state index >= 15 is 0 Å². The number of hydrogen-bond donors (Lipinski definition) is 0. The number of furan rings is 1. The van der Waals surface area contributed by atoms with Crippen LogP contribution in [-0.2, 0) is 5.41 Å². The molecule has 3 heteroatoms. The molecule has 13 aromatic rings. The summed E-state index contributed by atoms with van der Waals surface area (Å²) in [7, 11) is 0. The summed E-state index contributed by atoms with van der Waals surface area (Å²) in [5.41, 5.74) is 22.6. The van der Waals surface area contributed by atoms with Gasteiger partial charge in [-0.2, -0.15) is 0 Å². The fourth-order valence-corrected chi connectivity index (χ4v) is 13.3. The molecule has 2 aliphatic rings. The zero-order valence-corrected chi connectivity index (χ0v) is 38.8. The molecule has 0 saturated carbocycles. The van der Waals surface area contributed by atoms with Crippen molar-refractivity contribution in [3.8, 4) is 55.6 Å². The molecule has 0 bridgehead atoms. The molecule has 0 aliphatic heterocycles. The third-order valence-corrected chi connectivity index (χ3v) is 16.3. The first-order valence-corrected chi connectivity index (χ1v) is 24.9. The number of fused-ring (bicyclic) bond motifs is 16. The van der Waals surface area contributed by atoms with Gasteiger partial charge in [0.2, 0.25) is 0 Å². The first kappa shape index (κ1) is 39.3. The maximum atomic E-state index is 6.46. The normalized spacial score (nSPS) is 13.0. The smallest absolute Gasteiger partial charge is 0.143 e. The summed E-state index contributed by atoms with van der Waals surface area (Å²) >= 11 is 1.92. The van der Waals surface area contributed by atoms with Crippen LogP contribution in [0.3, 0.4) is 0 Å². The van der Waals surface area contributed by atoms with E-state index in [-0.39, 0.29) is 5.41 Å². The molecule has 2 heterocycles.